The van der Waals surface area contributed by atoms with Gasteiger partial charge in [-0.3, -0.25) is 4.79 Å². The third-order valence-corrected chi connectivity index (χ3v) is 4.78. The summed E-state index contributed by atoms with van der Waals surface area (Å²) in [5.41, 5.74) is 0.868. The maximum absolute atomic E-state index is 13.7. The molecule has 5 nitrogen and oxygen atoms in total. The maximum Gasteiger partial charge on any atom is 0.342 e. The number of rotatable bonds is 5. The molecule has 3 rings (SSSR count). The average molecular weight is 389 g/mol. The van der Waals surface area contributed by atoms with Crippen LogP contribution >= 0.6 is 0 Å². The number of amides is 1. The van der Waals surface area contributed by atoms with Crippen LogP contribution in [0.3, 0.4) is 0 Å². The Kier molecular flexibility index (Phi) is 5.18. The summed E-state index contributed by atoms with van der Waals surface area (Å²) in [5, 5.41) is 2.64. The van der Waals surface area contributed by atoms with Crippen LogP contribution in [0.4, 0.5) is 14.5 Å². The summed E-state index contributed by atoms with van der Waals surface area (Å²) in [5.74, 6) is -2.48. The molecule has 0 aromatic heterocycles. The Labute approximate surface area is 154 Å². The first-order valence-corrected chi connectivity index (χ1v) is 9.12. The van der Waals surface area contributed by atoms with Gasteiger partial charge in [-0.2, -0.15) is 8.42 Å². The SMILES string of the molecule is O=C(Nc1ccc(OS(=O)(=O)c2cc(F)ccc2F)cc1)c1ccccc1. The molecule has 3 aromatic carbocycles. The van der Waals surface area contributed by atoms with Gasteiger partial charge < -0.3 is 9.50 Å². The second kappa shape index (κ2) is 7.55. The molecule has 0 saturated carbocycles. The average Bonchev–Trinajstić information content (AvgIpc) is 2.65. The van der Waals surface area contributed by atoms with Gasteiger partial charge in [0.2, 0.25) is 0 Å². The Morgan fingerprint density at radius 3 is 2.22 bits per heavy atom. The molecule has 1 N–H and O–H groups in total. The topological polar surface area (TPSA) is 72.5 Å². The summed E-state index contributed by atoms with van der Waals surface area (Å²) in [7, 11) is -4.55. The van der Waals surface area contributed by atoms with Gasteiger partial charge in [-0.25, -0.2) is 8.78 Å². The molecule has 3 aromatic rings. The van der Waals surface area contributed by atoms with Crippen LogP contribution in [-0.4, -0.2) is 14.3 Å². The van der Waals surface area contributed by atoms with Gasteiger partial charge in [-0.1, -0.05) is 18.2 Å². The minimum absolute atomic E-state index is 0.114. The van der Waals surface area contributed by atoms with Gasteiger partial charge in [0.05, 0.1) is 0 Å². The Morgan fingerprint density at radius 2 is 1.56 bits per heavy atom. The van der Waals surface area contributed by atoms with Gasteiger partial charge in [-0.05, 0) is 54.6 Å². The van der Waals surface area contributed by atoms with E-state index in [9.17, 15) is 22.0 Å². The molecule has 0 spiro atoms. The zero-order valence-electron chi connectivity index (χ0n) is 13.7. The predicted octanol–water partition coefficient (Wildman–Crippen LogP) is 3.98. The van der Waals surface area contributed by atoms with Crippen molar-refractivity contribution in [1.82, 2.24) is 0 Å². The molecule has 1 amide bonds. The lowest BCUT2D eigenvalue weighted by Crippen LogP contribution is -2.13. The Balaban J connectivity index is 1.74. The first kappa shape index (κ1) is 18.5. The molecular formula is C19H13F2NO4S. The largest absolute Gasteiger partial charge is 0.379 e. The second-order valence-corrected chi connectivity index (χ2v) is 6.97. The molecule has 0 aliphatic carbocycles. The highest BCUT2D eigenvalue weighted by Crippen LogP contribution is 2.23. The van der Waals surface area contributed by atoms with Crippen LogP contribution in [-0.2, 0) is 10.1 Å². The van der Waals surface area contributed by atoms with Crippen molar-refractivity contribution in [3.63, 3.8) is 0 Å². The number of carbonyl (C=O) groups excluding carboxylic acids is 1. The van der Waals surface area contributed by atoms with Crippen LogP contribution < -0.4 is 9.50 Å². The van der Waals surface area contributed by atoms with Crippen LogP contribution in [0.2, 0.25) is 0 Å². The lowest BCUT2D eigenvalue weighted by molar-refractivity contribution is 0.102. The van der Waals surface area contributed by atoms with Crippen molar-refractivity contribution in [3.05, 3.63) is 90.0 Å². The standard InChI is InChI=1S/C19H13F2NO4S/c20-14-6-11-17(21)18(12-14)27(24,25)26-16-9-7-15(8-10-16)22-19(23)13-4-2-1-3-5-13/h1-12H,(H,22,23). The molecule has 0 radical (unpaired) electrons. The lowest BCUT2D eigenvalue weighted by atomic mass is 10.2. The zero-order valence-corrected chi connectivity index (χ0v) is 14.5. The van der Waals surface area contributed by atoms with Crippen molar-refractivity contribution in [2.24, 2.45) is 0 Å². The van der Waals surface area contributed by atoms with Crippen molar-refractivity contribution in [3.8, 4) is 5.75 Å². The van der Waals surface area contributed by atoms with Gasteiger partial charge in [0.15, 0.2) is 0 Å². The van der Waals surface area contributed by atoms with Gasteiger partial charge in [-0.15, -0.1) is 0 Å². The molecule has 0 unspecified atom stereocenters. The predicted molar refractivity (Wildman–Crippen MR) is 95.0 cm³/mol. The highest BCUT2D eigenvalue weighted by atomic mass is 32.2. The quantitative estimate of drug-likeness (QED) is 0.670. The van der Waals surface area contributed by atoms with E-state index in [-0.39, 0.29) is 11.7 Å². The summed E-state index contributed by atoms with van der Waals surface area (Å²) >= 11 is 0. The van der Waals surface area contributed by atoms with E-state index in [0.29, 0.717) is 23.4 Å². The van der Waals surface area contributed by atoms with Gasteiger partial charge in [0.25, 0.3) is 5.91 Å². The summed E-state index contributed by atoms with van der Waals surface area (Å²) < 4.78 is 55.9. The van der Waals surface area contributed by atoms with E-state index in [1.807, 2.05) is 0 Å². The van der Waals surface area contributed by atoms with E-state index >= 15 is 0 Å². The molecule has 27 heavy (non-hydrogen) atoms. The minimum atomic E-state index is -4.55. The van der Waals surface area contributed by atoms with Crippen molar-refractivity contribution < 1.29 is 26.2 Å². The molecule has 0 heterocycles. The third-order valence-electron chi connectivity index (χ3n) is 3.52. The Bertz CT molecular complexity index is 1070. The summed E-state index contributed by atoms with van der Waals surface area (Å²) in [6.07, 6.45) is 0. The third kappa shape index (κ3) is 4.48. The molecule has 8 heteroatoms. The molecule has 0 saturated heterocycles. The number of halogens is 2. The summed E-state index contributed by atoms with van der Waals surface area (Å²) in [4.78, 5) is 11.2. The fourth-order valence-electron chi connectivity index (χ4n) is 2.23. The number of benzene rings is 3. The summed E-state index contributed by atoms with van der Waals surface area (Å²) in [6.45, 7) is 0. The van der Waals surface area contributed by atoms with Gasteiger partial charge in [0.1, 0.15) is 22.3 Å². The van der Waals surface area contributed by atoms with E-state index in [0.717, 1.165) is 6.07 Å². The fraction of sp³-hybridized carbons (Fsp3) is 0. The van der Waals surface area contributed by atoms with Crippen molar-refractivity contribution in [1.29, 1.82) is 0 Å². The Hall–Kier alpha value is -3.26. The molecule has 0 aliphatic heterocycles. The number of hydrogen-bond donors (Lipinski definition) is 1. The zero-order chi connectivity index (χ0) is 19.4. The molecule has 0 atom stereocenters. The molecule has 138 valence electrons. The van der Waals surface area contributed by atoms with Crippen molar-refractivity contribution in [2.75, 3.05) is 5.32 Å². The maximum atomic E-state index is 13.7. The monoisotopic (exact) mass is 389 g/mol. The summed E-state index contributed by atoms with van der Waals surface area (Å²) in [6, 6.07) is 16.0. The highest BCUT2D eigenvalue weighted by Gasteiger charge is 2.22. The smallest absolute Gasteiger partial charge is 0.342 e. The van der Waals surface area contributed by atoms with Crippen molar-refractivity contribution in [2.45, 2.75) is 4.90 Å². The van der Waals surface area contributed by atoms with E-state index < -0.39 is 26.6 Å². The van der Waals surface area contributed by atoms with Crippen LogP contribution in [0.15, 0.2) is 77.7 Å². The van der Waals surface area contributed by atoms with E-state index in [1.165, 1.54) is 24.3 Å². The number of carbonyl (C=O) groups is 1. The second-order valence-electron chi connectivity index (χ2n) is 5.46. The van der Waals surface area contributed by atoms with Gasteiger partial charge >= 0.3 is 10.1 Å². The van der Waals surface area contributed by atoms with E-state index in [2.05, 4.69) is 5.32 Å². The molecular weight excluding hydrogens is 376 g/mol. The van der Waals surface area contributed by atoms with Crippen LogP contribution in [0, 0.1) is 11.6 Å². The van der Waals surface area contributed by atoms with Crippen LogP contribution in [0.25, 0.3) is 0 Å². The normalized spacial score (nSPS) is 11.0. The minimum Gasteiger partial charge on any atom is -0.379 e. The highest BCUT2D eigenvalue weighted by molar-refractivity contribution is 7.87. The van der Waals surface area contributed by atoms with E-state index in [4.69, 9.17) is 4.18 Å². The first-order chi connectivity index (χ1) is 12.8. The number of nitrogens with one attached hydrogen (secondary N) is 1. The first-order valence-electron chi connectivity index (χ1n) is 7.71. The molecule has 0 aliphatic rings. The Morgan fingerprint density at radius 1 is 0.889 bits per heavy atom. The van der Waals surface area contributed by atoms with Crippen LogP contribution in [0.1, 0.15) is 10.4 Å². The van der Waals surface area contributed by atoms with E-state index in [1.54, 1.807) is 30.3 Å². The fourth-order valence-corrected chi connectivity index (χ4v) is 3.25. The van der Waals surface area contributed by atoms with Crippen molar-refractivity contribution >= 4 is 21.7 Å². The number of hydrogen-bond acceptors (Lipinski definition) is 4. The van der Waals surface area contributed by atoms with Crippen LogP contribution in [0.5, 0.6) is 5.75 Å². The lowest BCUT2D eigenvalue weighted by Gasteiger charge is -2.09. The molecule has 0 fully saturated rings. The molecule has 0 bridgehead atoms. The number of anilines is 1. The van der Waals surface area contributed by atoms with Gasteiger partial charge in [0, 0.05) is 11.3 Å².